The number of aryl methyl sites for hydroxylation is 3. The van der Waals surface area contributed by atoms with Gasteiger partial charge in [-0.25, -0.2) is 15.0 Å². The zero-order chi connectivity index (χ0) is 88.3. The summed E-state index contributed by atoms with van der Waals surface area (Å²) in [6, 6.07) is 45.7. The van der Waals surface area contributed by atoms with Crippen molar-refractivity contribution >= 4 is 113 Å². The molecule has 6 heterocycles. The van der Waals surface area contributed by atoms with Crippen molar-refractivity contribution in [1.29, 1.82) is 0 Å². The molecular weight excluding hydrogens is 1630 g/mol. The molecule has 3 aliphatic rings. The molecule has 0 radical (unpaired) electrons. The number of nitrogen functional groups attached to an aromatic ring is 3. The zero-order valence-corrected chi connectivity index (χ0v) is 71.1. The van der Waals surface area contributed by atoms with Gasteiger partial charge in [0.2, 0.25) is 0 Å². The van der Waals surface area contributed by atoms with Crippen LogP contribution in [0.2, 0.25) is 10.0 Å². The van der Waals surface area contributed by atoms with Gasteiger partial charge >= 0.3 is 12.4 Å². The van der Waals surface area contributed by atoms with Gasteiger partial charge in [0.15, 0.2) is 0 Å². The number of aromatic nitrogens is 3. The number of nitrogens with one attached hydrogen (secondary N) is 3. The first-order valence-corrected chi connectivity index (χ1v) is 40.6. The second-order valence-corrected chi connectivity index (χ2v) is 31.6. The van der Waals surface area contributed by atoms with Crippen LogP contribution in [0.15, 0.2) is 182 Å². The van der Waals surface area contributed by atoms with Crippen LogP contribution in [0, 0.1) is 56.3 Å². The Bertz CT molecular complexity index is 6240. The Hall–Kier alpha value is -12.9. The van der Waals surface area contributed by atoms with E-state index in [0.717, 1.165) is 107 Å². The summed E-state index contributed by atoms with van der Waals surface area (Å²) in [6.07, 6.45) is -4.19. The molecule has 0 unspecified atom stereocenters. The Morgan fingerprint density at radius 1 is 0.419 bits per heavy atom. The Labute approximate surface area is 725 Å². The molecule has 15 rings (SSSR count). The number of amides is 3. The minimum atomic E-state index is -4.57. The number of anilines is 7. The van der Waals surface area contributed by atoms with Gasteiger partial charge in [-0.2, -0.15) is 26.3 Å². The lowest BCUT2D eigenvalue weighted by Crippen LogP contribution is -2.45. The molecule has 0 bridgehead atoms. The SMILES string of the molecule is COc1cc(OC)c2cnc(N)c(C#Cc3cc(C(=O)Nc4ccc(CN5CCN(C)CC5)c(C(F)(F)F)c4)ccc3C)c2c1.Cc1ccc(C(=O)Nc2ccc(CN3CCN(C)CC3)cc2)cc1C#Cc1c(N)ncc2ccc(Cl)cc12.Cc1ccc(C(=O)Nc2ccc(N3CCN(C)CC3)c(C(F)(F)F)c2)cc1C#Cc1c(N)ncc2ccc(Cl)cc12. The van der Waals surface area contributed by atoms with Crippen molar-refractivity contribution in [2.24, 2.45) is 0 Å². The number of hydrogen-bond acceptors (Lipinski definition) is 17. The molecule has 636 valence electrons. The van der Waals surface area contributed by atoms with Gasteiger partial charge in [0.1, 0.15) is 29.0 Å². The van der Waals surface area contributed by atoms with E-state index in [1.165, 1.54) is 29.8 Å². The third-order valence-electron chi connectivity index (χ3n) is 21.9. The summed E-state index contributed by atoms with van der Waals surface area (Å²) in [7, 11) is 9.18. The van der Waals surface area contributed by atoms with Crippen LogP contribution in [0.1, 0.15) is 103 Å². The summed E-state index contributed by atoms with van der Waals surface area (Å²) in [6.45, 7) is 16.4. The fourth-order valence-electron chi connectivity index (χ4n) is 14.5. The van der Waals surface area contributed by atoms with Crippen molar-refractivity contribution in [3.63, 3.8) is 0 Å². The van der Waals surface area contributed by atoms with E-state index in [1.54, 1.807) is 104 Å². The number of carbonyl (C=O) groups excluding carboxylic acids is 3. The summed E-state index contributed by atoms with van der Waals surface area (Å²) < 4.78 is 95.1. The average Bonchev–Trinajstić information content (AvgIpc) is 0.773. The van der Waals surface area contributed by atoms with Crippen molar-refractivity contribution in [2.45, 2.75) is 46.2 Å². The number of likely N-dealkylation sites (N-methyl/N-ethyl adjacent to an activating group) is 3. The van der Waals surface area contributed by atoms with Gasteiger partial charge in [0.25, 0.3) is 17.7 Å². The van der Waals surface area contributed by atoms with E-state index in [-0.39, 0.29) is 57.8 Å². The van der Waals surface area contributed by atoms with Gasteiger partial charge < -0.3 is 62.2 Å². The molecule has 0 spiro atoms. The molecule has 3 aromatic heterocycles. The standard InChI is InChI=1S/C34H34F3N5O3.C31H27ClF3N5O.C31H30ClN5O/c1-21-5-6-23(15-22(21)8-10-27-28-17-26(44-3)18-31(45-4)29(28)19-39-32(27)38)33(43)40-25-9-7-24(30(16-25)34(35,36)37)20-42-13-11-41(2)12-14-42;1-19-3-4-21(15-20(19)6-9-25-26-16-23(32)7-5-22(26)18-37-29(25)36)30(41)38-24-8-10-28(27(17-24)31(33,34)35)40-13-11-39(2)12-14-40;1-21-3-6-24(17-23(21)8-12-28-29-18-26(32)9-7-25(29)19-34-30(28)33)31(38)35-27-10-4-22(5-11-27)20-37-15-13-36(2)14-16-37/h5-7,9,15-19H,11-14,20H2,1-4H3,(H2,38,39)(H,40,43);3-5,7-8,10,15-18H,11-14H2,1-2H3,(H2,36,37)(H,38,41);3-7,9-11,17-19H,13-16,20H2,1-2H3,(H2,33,34)(H,35,38). The summed E-state index contributed by atoms with van der Waals surface area (Å²) >= 11 is 12.4. The molecule has 0 saturated carbocycles. The predicted molar refractivity (Wildman–Crippen MR) is 482 cm³/mol. The fourth-order valence-corrected chi connectivity index (χ4v) is 14.8. The lowest BCUT2D eigenvalue weighted by atomic mass is 10.0. The Balaban J connectivity index is 0.000000160. The lowest BCUT2D eigenvalue weighted by molar-refractivity contribution is -0.138. The first-order valence-electron chi connectivity index (χ1n) is 39.9. The van der Waals surface area contributed by atoms with Gasteiger partial charge in [0, 0.05) is 215 Å². The van der Waals surface area contributed by atoms with Crippen molar-refractivity contribution in [3.8, 4) is 47.0 Å². The molecule has 28 heteroatoms. The van der Waals surface area contributed by atoms with Crippen molar-refractivity contribution in [2.75, 3.05) is 152 Å². The number of rotatable bonds is 13. The maximum absolute atomic E-state index is 14.1. The molecule has 0 aliphatic carbocycles. The zero-order valence-electron chi connectivity index (χ0n) is 69.5. The van der Waals surface area contributed by atoms with Crippen molar-refractivity contribution in [1.82, 2.24) is 39.5 Å². The number of piperazine rings is 3. The highest BCUT2D eigenvalue weighted by atomic mass is 35.5. The highest BCUT2D eigenvalue weighted by Gasteiger charge is 2.37. The Morgan fingerprint density at radius 2 is 0.823 bits per heavy atom. The van der Waals surface area contributed by atoms with Gasteiger partial charge in [-0.1, -0.05) is 107 Å². The smallest absolute Gasteiger partial charge is 0.418 e. The number of pyridine rings is 3. The number of alkyl halides is 6. The van der Waals surface area contributed by atoms with Crippen LogP contribution >= 0.6 is 23.2 Å². The molecule has 0 atom stereocenters. The Morgan fingerprint density at radius 3 is 1.27 bits per heavy atom. The summed E-state index contributed by atoms with van der Waals surface area (Å²) in [5.74, 6) is 19.3. The molecule has 9 N–H and O–H groups in total. The number of hydrogen-bond donors (Lipinski definition) is 6. The van der Waals surface area contributed by atoms with E-state index in [2.05, 4.69) is 105 Å². The van der Waals surface area contributed by atoms with Crippen LogP contribution in [-0.4, -0.2) is 171 Å². The summed E-state index contributed by atoms with van der Waals surface area (Å²) in [5, 5.41) is 14.1. The second kappa shape index (κ2) is 39.1. The number of benzene rings is 9. The number of nitrogens with two attached hydrogens (primary N) is 3. The molecule has 3 amide bonds. The van der Waals surface area contributed by atoms with E-state index in [4.69, 9.17) is 49.9 Å². The molecule has 9 aromatic carbocycles. The van der Waals surface area contributed by atoms with Crippen LogP contribution in [0.25, 0.3) is 32.3 Å². The lowest BCUT2D eigenvalue weighted by Gasteiger charge is -2.35. The van der Waals surface area contributed by atoms with Gasteiger partial charge in [0.05, 0.1) is 42.0 Å². The van der Waals surface area contributed by atoms with E-state index in [0.29, 0.717) is 111 Å². The Kier molecular flexibility index (Phi) is 28.0. The van der Waals surface area contributed by atoms with Crippen LogP contribution < -0.4 is 47.5 Å². The normalized spacial score (nSPS) is 14.1. The third kappa shape index (κ3) is 22.1. The summed E-state index contributed by atoms with van der Waals surface area (Å²) in [4.78, 5) is 64.8. The van der Waals surface area contributed by atoms with E-state index >= 15 is 0 Å². The quantitative estimate of drug-likeness (QED) is 0.0464. The predicted octanol–water partition coefficient (Wildman–Crippen LogP) is 16.9. The molecule has 3 saturated heterocycles. The topological polar surface area (TPSA) is 242 Å². The third-order valence-corrected chi connectivity index (χ3v) is 22.4. The van der Waals surface area contributed by atoms with Crippen molar-refractivity contribution < 1.29 is 50.2 Å². The average molecular weight is 1720 g/mol. The first kappa shape index (κ1) is 88.8. The van der Waals surface area contributed by atoms with E-state index in [9.17, 15) is 40.7 Å². The number of carbonyl (C=O) groups is 3. The van der Waals surface area contributed by atoms with Crippen LogP contribution in [0.5, 0.6) is 11.5 Å². The molecule has 124 heavy (non-hydrogen) atoms. The highest BCUT2D eigenvalue weighted by molar-refractivity contribution is 6.32. The number of ether oxygens (including phenoxy) is 2. The van der Waals surface area contributed by atoms with Gasteiger partial charge in [-0.3, -0.25) is 24.2 Å². The minimum absolute atomic E-state index is 0.0555. The van der Waals surface area contributed by atoms with Gasteiger partial charge in [-0.05, 0) is 179 Å². The number of fused-ring (bicyclic) bond motifs is 3. The molecular formula is C96H91Cl2F6N15O5. The summed E-state index contributed by atoms with van der Waals surface area (Å²) in [5.41, 5.74) is 26.4. The van der Waals surface area contributed by atoms with Crippen molar-refractivity contribution in [3.05, 3.63) is 281 Å². The first-order chi connectivity index (χ1) is 59.3. The largest absolute Gasteiger partial charge is 0.497 e. The minimum Gasteiger partial charge on any atom is -0.497 e. The fraction of sp³-hybridized carbons (Fsp3) is 0.250. The number of methoxy groups -OCH3 is 2. The van der Waals surface area contributed by atoms with Crippen LogP contribution in [0.3, 0.4) is 0 Å². The van der Waals surface area contributed by atoms with E-state index in [1.807, 2.05) is 88.3 Å². The van der Waals surface area contributed by atoms with Gasteiger partial charge in [-0.15, -0.1) is 0 Å². The monoisotopic (exact) mass is 1720 g/mol. The van der Waals surface area contributed by atoms with Crippen LogP contribution in [-0.2, 0) is 25.4 Å². The second-order valence-electron chi connectivity index (χ2n) is 30.8. The maximum atomic E-state index is 14.1. The van der Waals surface area contributed by atoms with Crippen LogP contribution in [0.4, 0.5) is 66.5 Å². The maximum Gasteiger partial charge on any atom is 0.418 e. The molecule has 20 nitrogen and oxygen atoms in total. The van der Waals surface area contributed by atoms with E-state index < -0.39 is 35.3 Å². The molecule has 3 aliphatic heterocycles. The molecule has 3 fully saturated rings. The highest BCUT2D eigenvalue weighted by Crippen LogP contribution is 2.41. The molecule has 12 aromatic rings. The number of halogens is 8. The number of nitrogens with zero attached hydrogens (tertiary/aromatic N) is 9.